The number of unbranched alkanes of at least 4 members (excludes halogenated alkanes) is 2. The number of nitrogen functional groups attached to an aromatic ring is 2. The summed E-state index contributed by atoms with van der Waals surface area (Å²) < 4.78 is 12.6. The lowest BCUT2D eigenvalue weighted by Gasteiger charge is -2.42. The van der Waals surface area contributed by atoms with Gasteiger partial charge in [-0.3, -0.25) is 0 Å². The molecule has 0 aromatic heterocycles. The first-order valence-electron chi connectivity index (χ1n) is 17.2. The zero-order chi connectivity index (χ0) is 32.8. The van der Waals surface area contributed by atoms with Crippen molar-refractivity contribution in [1.29, 1.82) is 0 Å². The van der Waals surface area contributed by atoms with Crippen molar-refractivity contribution < 1.29 is 9.47 Å². The van der Waals surface area contributed by atoms with Gasteiger partial charge < -0.3 is 20.9 Å². The Morgan fingerprint density at radius 2 is 1.11 bits per heavy atom. The van der Waals surface area contributed by atoms with E-state index < -0.39 is 0 Å². The lowest BCUT2D eigenvalue weighted by Crippen LogP contribution is -2.33. The highest BCUT2D eigenvalue weighted by molar-refractivity contribution is 5.51. The molecule has 0 bridgehead atoms. The van der Waals surface area contributed by atoms with Gasteiger partial charge in [0, 0.05) is 16.8 Å². The van der Waals surface area contributed by atoms with Crippen molar-refractivity contribution >= 4 is 11.4 Å². The molecule has 0 amide bonds. The number of benzene rings is 5. The van der Waals surface area contributed by atoms with E-state index in [0.717, 1.165) is 71.2 Å². The van der Waals surface area contributed by atoms with Gasteiger partial charge in [-0.05, 0) is 152 Å². The van der Waals surface area contributed by atoms with E-state index in [0.29, 0.717) is 5.92 Å². The largest absolute Gasteiger partial charge is 0.457 e. The Morgan fingerprint density at radius 1 is 0.617 bits per heavy atom. The van der Waals surface area contributed by atoms with Crippen LogP contribution in [0.3, 0.4) is 0 Å². The molecule has 0 radical (unpaired) electrons. The van der Waals surface area contributed by atoms with Gasteiger partial charge in [0.25, 0.3) is 0 Å². The third-order valence-electron chi connectivity index (χ3n) is 10.0. The van der Waals surface area contributed by atoms with Gasteiger partial charge in [-0.25, -0.2) is 0 Å². The fourth-order valence-electron chi connectivity index (χ4n) is 7.17. The second kappa shape index (κ2) is 14.4. The van der Waals surface area contributed by atoms with Crippen LogP contribution in [0.2, 0.25) is 0 Å². The van der Waals surface area contributed by atoms with Gasteiger partial charge in [-0.1, -0.05) is 68.3 Å². The first-order valence-corrected chi connectivity index (χ1v) is 17.2. The number of hydrogen-bond donors (Lipinski definition) is 2. The third-order valence-corrected chi connectivity index (χ3v) is 10.0. The lowest BCUT2D eigenvalue weighted by atomic mass is 9.62. The molecule has 242 valence electrons. The Hall–Kier alpha value is -4.70. The molecule has 4 nitrogen and oxygen atoms in total. The van der Waals surface area contributed by atoms with Crippen LogP contribution in [-0.2, 0) is 11.8 Å². The van der Waals surface area contributed by atoms with E-state index in [-0.39, 0.29) is 5.41 Å². The first kappa shape index (κ1) is 32.2. The standard InChI is InChI=1S/C43H48N2O2/c1-4-5-6-7-32-8-10-33(11-9-32)34-24-26-43(27-25-34,35-12-22-41(30(2)28-35)46-39-18-14-37(44)15-19-39)36-13-23-42(31(3)29-36)47-40-20-16-38(45)17-21-40/h8-23,28-29,34H,4-7,24-27,44-45H2,1-3H3. The van der Waals surface area contributed by atoms with Crippen molar-refractivity contribution in [3.05, 3.63) is 143 Å². The average Bonchev–Trinajstić information content (AvgIpc) is 3.09. The SMILES string of the molecule is CCCCCc1ccc(C2CCC(c3ccc(Oc4ccc(N)cc4)c(C)c3)(c3ccc(Oc4ccc(N)cc4)c(C)c3)CC2)cc1. The number of ether oxygens (including phenoxy) is 2. The molecule has 0 aliphatic heterocycles. The summed E-state index contributed by atoms with van der Waals surface area (Å²) in [6.45, 7) is 6.56. The molecule has 1 fully saturated rings. The van der Waals surface area contributed by atoms with Gasteiger partial charge in [0.2, 0.25) is 0 Å². The second-order valence-corrected chi connectivity index (χ2v) is 13.4. The van der Waals surface area contributed by atoms with Gasteiger partial charge in [0.05, 0.1) is 0 Å². The normalized spacial score (nSPS) is 14.5. The number of anilines is 2. The van der Waals surface area contributed by atoms with Gasteiger partial charge in [-0.15, -0.1) is 0 Å². The van der Waals surface area contributed by atoms with Crippen molar-refractivity contribution in [2.24, 2.45) is 0 Å². The molecule has 0 saturated heterocycles. The number of nitrogens with two attached hydrogens (primary N) is 2. The molecule has 4 heteroatoms. The van der Waals surface area contributed by atoms with Crippen LogP contribution in [0.25, 0.3) is 0 Å². The zero-order valence-corrected chi connectivity index (χ0v) is 28.1. The maximum atomic E-state index is 6.28. The van der Waals surface area contributed by atoms with Crippen molar-refractivity contribution in [2.75, 3.05) is 11.5 Å². The zero-order valence-electron chi connectivity index (χ0n) is 28.1. The Balaban J connectivity index is 1.28. The summed E-state index contributed by atoms with van der Waals surface area (Å²) in [5, 5.41) is 0. The Labute approximate surface area is 280 Å². The summed E-state index contributed by atoms with van der Waals surface area (Å²) >= 11 is 0. The Morgan fingerprint density at radius 3 is 1.55 bits per heavy atom. The summed E-state index contributed by atoms with van der Waals surface area (Å²) in [7, 11) is 0. The topological polar surface area (TPSA) is 70.5 Å². The van der Waals surface area contributed by atoms with Gasteiger partial charge in [0.15, 0.2) is 0 Å². The second-order valence-electron chi connectivity index (χ2n) is 13.4. The minimum Gasteiger partial charge on any atom is -0.457 e. The molecular formula is C43H48N2O2. The van der Waals surface area contributed by atoms with E-state index in [9.17, 15) is 0 Å². The predicted molar refractivity (Wildman–Crippen MR) is 196 cm³/mol. The fraction of sp³-hybridized carbons (Fsp3) is 0.302. The summed E-state index contributed by atoms with van der Waals surface area (Å²) in [5.41, 5.74) is 21.0. The van der Waals surface area contributed by atoms with Crippen LogP contribution < -0.4 is 20.9 Å². The molecule has 1 aliphatic rings. The highest BCUT2D eigenvalue weighted by atomic mass is 16.5. The van der Waals surface area contributed by atoms with Gasteiger partial charge in [-0.2, -0.15) is 0 Å². The molecule has 0 heterocycles. The molecule has 4 N–H and O–H groups in total. The third kappa shape index (κ3) is 7.49. The quantitative estimate of drug-likeness (QED) is 0.113. The van der Waals surface area contributed by atoms with Crippen molar-refractivity contribution in [3.8, 4) is 23.0 Å². The van der Waals surface area contributed by atoms with Crippen LogP contribution in [0.1, 0.15) is 91.2 Å². The van der Waals surface area contributed by atoms with Crippen LogP contribution in [-0.4, -0.2) is 0 Å². The van der Waals surface area contributed by atoms with Crippen molar-refractivity contribution in [2.45, 2.75) is 83.5 Å². The molecule has 0 unspecified atom stereocenters. The van der Waals surface area contributed by atoms with Gasteiger partial charge in [0.1, 0.15) is 23.0 Å². The lowest BCUT2D eigenvalue weighted by molar-refractivity contribution is 0.314. The number of rotatable bonds is 11. The average molecular weight is 625 g/mol. The van der Waals surface area contributed by atoms with Crippen LogP contribution in [0.5, 0.6) is 23.0 Å². The first-order chi connectivity index (χ1) is 22.8. The molecule has 1 saturated carbocycles. The van der Waals surface area contributed by atoms with Crippen molar-refractivity contribution in [3.63, 3.8) is 0 Å². The van der Waals surface area contributed by atoms with E-state index in [1.807, 2.05) is 48.5 Å². The maximum absolute atomic E-state index is 6.28. The summed E-state index contributed by atoms with van der Waals surface area (Å²) in [4.78, 5) is 0. The maximum Gasteiger partial charge on any atom is 0.130 e. The summed E-state index contributed by atoms with van der Waals surface area (Å²) in [6, 6.07) is 38.2. The molecule has 5 aromatic carbocycles. The summed E-state index contributed by atoms with van der Waals surface area (Å²) in [6.07, 6.45) is 9.44. The molecule has 47 heavy (non-hydrogen) atoms. The Kier molecular flexibility index (Phi) is 9.87. The van der Waals surface area contributed by atoms with E-state index in [1.165, 1.54) is 47.9 Å². The highest BCUT2D eigenvalue weighted by Gasteiger charge is 2.39. The fourth-order valence-corrected chi connectivity index (χ4v) is 7.17. The monoisotopic (exact) mass is 624 g/mol. The summed E-state index contributed by atoms with van der Waals surface area (Å²) in [5.74, 6) is 3.87. The highest BCUT2D eigenvalue weighted by Crippen LogP contribution is 2.50. The van der Waals surface area contributed by atoms with E-state index >= 15 is 0 Å². The van der Waals surface area contributed by atoms with E-state index in [1.54, 1.807) is 0 Å². The van der Waals surface area contributed by atoms with Crippen LogP contribution >= 0.6 is 0 Å². The van der Waals surface area contributed by atoms with Crippen molar-refractivity contribution in [1.82, 2.24) is 0 Å². The smallest absolute Gasteiger partial charge is 0.130 e. The predicted octanol–water partition coefficient (Wildman–Crippen LogP) is 11.4. The number of hydrogen-bond acceptors (Lipinski definition) is 4. The van der Waals surface area contributed by atoms with Crippen LogP contribution in [0.4, 0.5) is 11.4 Å². The number of aryl methyl sites for hydroxylation is 3. The minimum atomic E-state index is -0.106. The molecule has 0 atom stereocenters. The van der Waals surface area contributed by atoms with E-state index in [4.69, 9.17) is 20.9 Å². The van der Waals surface area contributed by atoms with E-state index in [2.05, 4.69) is 81.4 Å². The molecule has 5 aromatic rings. The molecular weight excluding hydrogens is 576 g/mol. The Bertz CT molecular complexity index is 1670. The van der Waals surface area contributed by atoms with Crippen LogP contribution in [0.15, 0.2) is 109 Å². The minimum absolute atomic E-state index is 0.106. The molecule has 6 rings (SSSR count). The van der Waals surface area contributed by atoms with Gasteiger partial charge >= 0.3 is 0 Å². The molecule has 1 aliphatic carbocycles. The molecule has 0 spiro atoms. The van der Waals surface area contributed by atoms with Crippen LogP contribution in [0, 0.1) is 13.8 Å².